The van der Waals surface area contributed by atoms with Crippen LogP contribution in [0.3, 0.4) is 0 Å². The zero-order valence-corrected chi connectivity index (χ0v) is 27.1. The molecule has 0 saturated carbocycles. The molecule has 3 aliphatic rings. The van der Waals surface area contributed by atoms with E-state index in [2.05, 4.69) is 39.8 Å². The third-order valence-electron chi connectivity index (χ3n) is 9.36. The highest BCUT2D eigenvalue weighted by atomic mass is 32.1. The second kappa shape index (κ2) is 12.9. The van der Waals surface area contributed by atoms with Gasteiger partial charge < -0.3 is 20.4 Å². The Bertz CT molecular complexity index is 1590. The van der Waals surface area contributed by atoms with E-state index >= 15 is 0 Å². The van der Waals surface area contributed by atoms with Gasteiger partial charge >= 0.3 is 5.97 Å². The minimum Gasteiger partial charge on any atom is -0.481 e. The quantitative estimate of drug-likeness (QED) is 0.119. The van der Waals surface area contributed by atoms with Gasteiger partial charge in [-0.2, -0.15) is 22.4 Å². The molecule has 2 fully saturated rings. The molecule has 236 valence electrons. The molecule has 10 nitrogen and oxygen atoms in total. The molecule has 0 spiro atoms. The van der Waals surface area contributed by atoms with Crippen molar-refractivity contribution in [3.63, 3.8) is 0 Å². The van der Waals surface area contributed by atoms with E-state index in [4.69, 9.17) is 9.78 Å². The van der Waals surface area contributed by atoms with E-state index in [-0.39, 0.29) is 41.6 Å². The van der Waals surface area contributed by atoms with Crippen LogP contribution >= 0.6 is 12.6 Å². The van der Waals surface area contributed by atoms with E-state index < -0.39 is 5.97 Å². The van der Waals surface area contributed by atoms with Gasteiger partial charge in [0, 0.05) is 76.8 Å². The van der Waals surface area contributed by atoms with Gasteiger partial charge in [0.1, 0.15) is 0 Å². The summed E-state index contributed by atoms with van der Waals surface area (Å²) in [6.45, 7) is 11.9. The highest BCUT2D eigenvalue weighted by Crippen LogP contribution is 2.35. The van der Waals surface area contributed by atoms with Crippen molar-refractivity contribution in [2.24, 2.45) is 16.8 Å². The van der Waals surface area contributed by atoms with E-state index in [1.54, 1.807) is 0 Å². The molecule has 0 aromatic carbocycles. The number of aromatic nitrogens is 2. The van der Waals surface area contributed by atoms with Crippen LogP contribution in [0.4, 0.5) is 0 Å². The summed E-state index contributed by atoms with van der Waals surface area (Å²) in [6.07, 6.45) is 5.26. The van der Waals surface area contributed by atoms with Crippen molar-refractivity contribution in [2.45, 2.75) is 98.0 Å². The number of H-pyrrole nitrogens is 2. The molecular weight excluding hydrogens is 580 g/mol. The Labute approximate surface area is 263 Å². The van der Waals surface area contributed by atoms with Crippen LogP contribution < -0.4 is 5.32 Å². The summed E-state index contributed by atoms with van der Waals surface area (Å²) in [5, 5.41) is 12.6. The lowest BCUT2D eigenvalue weighted by Crippen LogP contribution is -2.19. The number of carbonyl (C=O) groups is 3. The van der Waals surface area contributed by atoms with E-state index in [0.29, 0.717) is 32.1 Å². The number of aliphatic carboxylic acids is 1. The Morgan fingerprint density at radius 1 is 1.05 bits per heavy atom. The summed E-state index contributed by atoms with van der Waals surface area (Å²) in [7, 11) is 0. The maximum atomic E-state index is 12.6. The van der Waals surface area contributed by atoms with Gasteiger partial charge in [0.05, 0.1) is 5.71 Å². The van der Waals surface area contributed by atoms with Gasteiger partial charge in [0.15, 0.2) is 0 Å². The van der Waals surface area contributed by atoms with Crippen LogP contribution in [0.1, 0.15) is 92.0 Å². The lowest BCUT2D eigenvalue weighted by Gasteiger charge is -2.17. The van der Waals surface area contributed by atoms with E-state index in [9.17, 15) is 19.5 Å². The summed E-state index contributed by atoms with van der Waals surface area (Å²) in [5.41, 5.74) is 11.2. The fourth-order valence-electron chi connectivity index (χ4n) is 6.69. The number of nitrogens with zero attached hydrogens (tertiary/aromatic N) is 1. The molecule has 44 heavy (non-hydrogen) atoms. The molecule has 5 heterocycles. The van der Waals surface area contributed by atoms with Crippen LogP contribution in [-0.4, -0.2) is 50.1 Å². The highest BCUT2D eigenvalue weighted by Gasteiger charge is 2.38. The first-order valence-corrected chi connectivity index (χ1v) is 15.9. The van der Waals surface area contributed by atoms with Crippen LogP contribution in [0.15, 0.2) is 21.8 Å². The first-order valence-electron chi connectivity index (χ1n) is 15.3. The predicted octanol–water partition coefficient (Wildman–Crippen LogP) is 5.08. The normalized spacial score (nSPS) is 21.9. The maximum Gasteiger partial charge on any atom is 0.303 e. The zero-order chi connectivity index (χ0) is 31.9. The molecular formula is C33H42N4O6S. The molecule has 2 saturated heterocycles. The van der Waals surface area contributed by atoms with Crippen molar-refractivity contribution in [1.82, 2.24) is 15.3 Å². The number of rotatable bonds is 13. The highest BCUT2D eigenvalue weighted by molar-refractivity contribution is 7.80. The van der Waals surface area contributed by atoms with Crippen LogP contribution in [0.2, 0.25) is 0 Å². The maximum absolute atomic E-state index is 12.6. The third-order valence-corrected chi connectivity index (χ3v) is 9.68. The van der Waals surface area contributed by atoms with Gasteiger partial charge in [-0.05, 0) is 73.9 Å². The van der Waals surface area contributed by atoms with Crippen molar-refractivity contribution < 1.29 is 29.3 Å². The minimum absolute atomic E-state index is 0.00247. The fraction of sp³-hybridized carbons (Fsp3) is 0.515. The van der Waals surface area contributed by atoms with Crippen LogP contribution in [0.5, 0.6) is 0 Å². The molecule has 5 rings (SSSR count). The average Bonchev–Trinajstić information content (AvgIpc) is 3.51. The third kappa shape index (κ3) is 6.50. The summed E-state index contributed by atoms with van der Waals surface area (Å²) in [6, 6.07) is 0. The molecule has 0 bridgehead atoms. The molecule has 2 amide bonds. The number of allylic oxidation sites excluding steroid dienone is 2. The molecule has 0 radical (unpaired) electrons. The molecule has 0 aliphatic carbocycles. The molecule has 2 aromatic rings. The molecule has 11 heteroatoms. The number of amides is 2. The molecule has 3 aliphatic heterocycles. The summed E-state index contributed by atoms with van der Waals surface area (Å²) in [4.78, 5) is 58.1. The van der Waals surface area contributed by atoms with E-state index in [1.807, 2.05) is 40.7 Å². The van der Waals surface area contributed by atoms with Crippen molar-refractivity contribution in [1.29, 1.82) is 0 Å². The van der Waals surface area contributed by atoms with Gasteiger partial charge in [-0.3, -0.25) is 14.4 Å². The summed E-state index contributed by atoms with van der Waals surface area (Å²) < 4.78 is 0. The number of carbonyl (C=O) groups excluding carboxylic acids is 2. The van der Waals surface area contributed by atoms with Crippen molar-refractivity contribution >= 4 is 42.2 Å². The van der Waals surface area contributed by atoms with Gasteiger partial charge in [-0.1, -0.05) is 20.8 Å². The van der Waals surface area contributed by atoms with Crippen molar-refractivity contribution in [3.8, 4) is 0 Å². The van der Waals surface area contributed by atoms with Crippen molar-refractivity contribution in [2.75, 3.05) is 0 Å². The lowest BCUT2D eigenvalue weighted by atomic mass is 9.91. The number of nitrogens with one attached hydrogen (secondary N) is 3. The summed E-state index contributed by atoms with van der Waals surface area (Å²) in [5.74, 6) is -1.23. The number of carboxylic acid groups (broad SMARTS) is 1. The van der Waals surface area contributed by atoms with Crippen LogP contribution in [0, 0.1) is 25.7 Å². The first-order chi connectivity index (χ1) is 20.9. The Morgan fingerprint density at radius 2 is 1.73 bits per heavy atom. The average molecular weight is 623 g/mol. The number of aromatic amines is 2. The molecule has 2 aromatic heterocycles. The van der Waals surface area contributed by atoms with E-state index in [0.717, 1.165) is 74.0 Å². The topological polar surface area (TPSA) is 152 Å². The van der Waals surface area contributed by atoms with Crippen LogP contribution in [0.25, 0.3) is 6.08 Å². The second-order valence-electron chi connectivity index (χ2n) is 12.2. The number of aliphatic imine (C=N–C) groups is 1. The lowest BCUT2D eigenvalue weighted by molar-refractivity contribution is -0.137. The molecule has 3 atom stereocenters. The van der Waals surface area contributed by atoms with Gasteiger partial charge in [0.25, 0.3) is 5.91 Å². The minimum atomic E-state index is -0.856. The fourth-order valence-corrected chi connectivity index (χ4v) is 7.11. The van der Waals surface area contributed by atoms with Gasteiger partial charge in [-0.25, -0.2) is 4.99 Å². The van der Waals surface area contributed by atoms with Crippen molar-refractivity contribution in [3.05, 3.63) is 61.9 Å². The smallest absolute Gasteiger partial charge is 0.303 e. The van der Waals surface area contributed by atoms with Crippen LogP contribution in [-0.2, 0) is 49.8 Å². The number of hydrogen-bond donors (Lipinski definition) is 5. The SMILES string of the molecule is CCC1=C(C)C(Cc2[nH]c(Cc3[nH]c(/C=C4\NC(=O)[C@H](C)[C@H]4[C@H](C)S)c(C)c3CCC3OO3)c(CCC(=O)O)c2C)=NC1=O. The monoisotopic (exact) mass is 622 g/mol. The zero-order valence-electron chi connectivity index (χ0n) is 26.2. The number of hydrogen-bond acceptors (Lipinski definition) is 6. The number of thiol groups is 1. The van der Waals surface area contributed by atoms with E-state index in [1.165, 1.54) is 0 Å². The summed E-state index contributed by atoms with van der Waals surface area (Å²) >= 11 is 4.67. The van der Waals surface area contributed by atoms with Gasteiger partial charge in [-0.15, -0.1) is 0 Å². The Hall–Kier alpha value is -3.41. The largest absolute Gasteiger partial charge is 0.481 e. The van der Waals surface area contributed by atoms with Gasteiger partial charge in [0.2, 0.25) is 12.2 Å². The number of carboxylic acids is 1. The standard InChI is InChI=1S/C33H42N4O6S/c1-7-20-15(2)25(36-33(20)41)12-23-16(3)21(8-10-29(38)39)26(34-23)14-27-22(9-11-30-42-43-30)17(4)24(35-27)13-28-31(19(6)44)18(5)32(40)37-28/h13,18-19,30-31,34-35,44H,7-12,14H2,1-6H3,(H,37,40)(H,38,39)/b28-13-/t18-,19+,31+/m1/s1. The second-order valence-corrected chi connectivity index (χ2v) is 13.0. The first kappa shape index (κ1) is 32.0. The predicted molar refractivity (Wildman–Crippen MR) is 170 cm³/mol. The Morgan fingerprint density at radius 3 is 2.34 bits per heavy atom. The Kier molecular flexibility index (Phi) is 9.38. The molecule has 4 N–H and O–H groups in total. The molecule has 0 unspecified atom stereocenters. The Balaban J connectivity index is 1.52.